The molecular formula is C73H58BrN7O5. The Bertz CT molecular complexity index is 4640. The number of nitrogens with zero attached hydrogens (tertiary/aromatic N) is 6. The second-order valence-electron chi connectivity index (χ2n) is 23.0. The number of nitrogen functional groups attached to an aromatic ring is 1. The van der Waals surface area contributed by atoms with Gasteiger partial charge >= 0.3 is 0 Å². The fourth-order valence-corrected chi connectivity index (χ4v) is 10.2. The number of oxazole rings is 5. The number of fused-ring (bicyclic) bond motifs is 5. The molecule has 2 N–H and O–H groups in total. The maximum atomic E-state index is 6.19. The van der Waals surface area contributed by atoms with E-state index in [-0.39, 0.29) is 10.8 Å². The van der Waals surface area contributed by atoms with E-state index in [1.165, 1.54) is 11.1 Å². The first-order valence-electron chi connectivity index (χ1n) is 28.2. The maximum absolute atomic E-state index is 6.19. The zero-order valence-corrected chi connectivity index (χ0v) is 49.7. The summed E-state index contributed by atoms with van der Waals surface area (Å²) in [4.78, 5) is 25.4. The van der Waals surface area contributed by atoms with Gasteiger partial charge in [-0.25, -0.2) is 24.9 Å². The van der Waals surface area contributed by atoms with Crippen LogP contribution in [-0.2, 0) is 10.8 Å². The van der Waals surface area contributed by atoms with Crippen molar-refractivity contribution in [3.05, 3.63) is 246 Å². The molecule has 0 atom stereocenters. The molecule has 0 aliphatic rings. The molecule has 10 aromatic carbocycles. The third-order valence-electron chi connectivity index (χ3n) is 14.8. The Balaban J connectivity index is 0.000000154. The molecule has 5 heterocycles. The summed E-state index contributed by atoms with van der Waals surface area (Å²) in [5.74, 6) is 3.06. The van der Waals surface area contributed by atoms with Gasteiger partial charge in [0.1, 0.15) is 27.6 Å². The van der Waals surface area contributed by atoms with Gasteiger partial charge in [0.05, 0.1) is 0 Å². The molecule has 0 saturated carbocycles. The molecule has 422 valence electrons. The number of para-hydroxylation sites is 6. The minimum atomic E-state index is 0.0277. The summed E-state index contributed by atoms with van der Waals surface area (Å²) in [5, 5.41) is 0. The molecule has 0 radical (unpaired) electrons. The lowest BCUT2D eigenvalue weighted by atomic mass is 9.87. The molecule has 0 unspecified atom stereocenters. The van der Waals surface area contributed by atoms with Crippen LogP contribution in [0.25, 0.3) is 113 Å². The van der Waals surface area contributed by atoms with Crippen LogP contribution >= 0.6 is 15.9 Å². The van der Waals surface area contributed by atoms with Gasteiger partial charge < -0.3 is 32.7 Å². The maximum Gasteiger partial charge on any atom is 0.227 e. The van der Waals surface area contributed by atoms with Crippen molar-refractivity contribution in [1.29, 1.82) is 0 Å². The van der Waals surface area contributed by atoms with Crippen LogP contribution in [0.3, 0.4) is 0 Å². The van der Waals surface area contributed by atoms with Gasteiger partial charge in [0, 0.05) is 55.0 Å². The number of rotatable bonds is 8. The fourth-order valence-electron chi connectivity index (χ4n) is 9.95. The minimum absolute atomic E-state index is 0.0277. The van der Waals surface area contributed by atoms with Crippen molar-refractivity contribution in [1.82, 2.24) is 24.9 Å². The average molecular weight is 1190 g/mol. The first-order valence-corrected chi connectivity index (χ1v) is 29.0. The van der Waals surface area contributed by atoms with E-state index in [0.717, 1.165) is 111 Å². The van der Waals surface area contributed by atoms with Crippen molar-refractivity contribution in [2.75, 3.05) is 10.6 Å². The van der Waals surface area contributed by atoms with Crippen LogP contribution in [0.1, 0.15) is 52.7 Å². The predicted octanol–water partition coefficient (Wildman–Crippen LogP) is 20.5. The van der Waals surface area contributed by atoms with Crippen LogP contribution < -0.4 is 10.6 Å². The molecule has 0 saturated heterocycles. The van der Waals surface area contributed by atoms with Crippen molar-refractivity contribution in [3.63, 3.8) is 0 Å². The highest BCUT2D eigenvalue weighted by Gasteiger charge is 2.21. The van der Waals surface area contributed by atoms with E-state index >= 15 is 0 Å². The van der Waals surface area contributed by atoms with E-state index in [1.807, 2.05) is 158 Å². The number of benzene rings is 10. The van der Waals surface area contributed by atoms with Gasteiger partial charge in [0.25, 0.3) is 0 Å². The topological polar surface area (TPSA) is 159 Å². The van der Waals surface area contributed by atoms with Gasteiger partial charge in [-0.05, 0) is 204 Å². The lowest BCUT2D eigenvalue weighted by molar-refractivity contribution is 0.589. The molecule has 0 spiro atoms. The van der Waals surface area contributed by atoms with Crippen LogP contribution in [0.5, 0.6) is 0 Å². The molecule has 15 aromatic rings. The highest BCUT2D eigenvalue weighted by Crippen LogP contribution is 2.39. The normalized spacial score (nSPS) is 11.7. The first-order chi connectivity index (χ1) is 41.6. The Morgan fingerprint density at radius 3 is 0.884 bits per heavy atom. The van der Waals surface area contributed by atoms with E-state index in [0.29, 0.717) is 29.5 Å². The zero-order valence-electron chi connectivity index (χ0n) is 48.1. The molecule has 0 aliphatic heterocycles. The Hall–Kier alpha value is -10.4. The molecule has 12 nitrogen and oxygen atoms in total. The van der Waals surface area contributed by atoms with Crippen LogP contribution in [-0.4, -0.2) is 24.9 Å². The summed E-state index contributed by atoms with van der Waals surface area (Å²) in [6.07, 6.45) is 0. The molecule has 0 amide bonds. The van der Waals surface area contributed by atoms with Gasteiger partial charge in [-0.2, -0.15) is 0 Å². The van der Waals surface area contributed by atoms with Gasteiger partial charge in [-0.1, -0.05) is 106 Å². The Kier molecular flexibility index (Phi) is 14.5. The van der Waals surface area contributed by atoms with Gasteiger partial charge in [0.2, 0.25) is 29.5 Å². The van der Waals surface area contributed by atoms with E-state index in [1.54, 1.807) is 0 Å². The average Bonchev–Trinajstić information content (AvgIpc) is 2.96. The van der Waals surface area contributed by atoms with E-state index in [4.69, 9.17) is 32.8 Å². The highest BCUT2D eigenvalue weighted by atomic mass is 79.9. The summed E-state index contributed by atoms with van der Waals surface area (Å²) in [7, 11) is 0. The smallest absolute Gasteiger partial charge is 0.227 e. The first kappa shape index (κ1) is 54.9. The van der Waals surface area contributed by atoms with Gasteiger partial charge in [0.15, 0.2) is 27.9 Å². The Morgan fingerprint density at radius 1 is 0.314 bits per heavy atom. The van der Waals surface area contributed by atoms with Gasteiger partial charge in [-0.15, -0.1) is 0 Å². The lowest BCUT2D eigenvalue weighted by Crippen LogP contribution is -2.10. The van der Waals surface area contributed by atoms with E-state index in [2.05, 4.69) is 155 Å². The molecule has 0 aliphatic carbocycles. The summed E-state index contributed by atoms with van der Waals surface area (Å²) in [6.45, 7) is 13.2. The van der Waals surface area contributed by atoms with Crippen LogP contribution in [0.2, 0.25) is 0 Å². The van der Waals surface area contributed by atoms with E-state index < -0.39 is 0 Å². The molecule has 0 bridgehead atoms. The zero-order chi connectivity index (χ0) is 59.1. The second kappa shape index (κ2) is 22.7. The van der Waals surface area contributed by atoms with Crippen LogP contribution in [0, 0.1) is 0 Å². The monoisotopic (exact) mass is 1190 g/mol. The molecule has 15 rings (SSSR count). The van der Waals surface area contributed by atoms with E-state index in [9.17, 15) is 0 Å². The predicted molar refractivity (Wildman–Crippen MR) is 349 cm³/mol. The quantitative estimate of drug-likeness (QED) is 0.144. The number of hydrogen-bond acceptors (Lipinski definition) is 12. The molecule has 5 aromatic heterocycles. The number of nitrogens with two attached hydrogens (primary N) is 1. The van der Waals surface area contributed by atoms with Crippen molar-refractivity contribution in [2.24, 2.45) is 0 Å². The van der Waals surface area contributed by atoms with Crippen molar-refractivity contribution < 1.29 is 22.1 Å². The molecule has 86 heavy (non-hydrogen) atoms. The Labute approximate surface area is 504 Å². The van der Waals surface area contributed by atoms with Crippen LogP contribution in [0.15, 0.2) is 257 Å². The lowest BCUT2D eigenvalue weighted by Gasteiger charge is -2.26. The molecule has 13 heteroatoms. The second-order valence-corrected chi connectivity index (χ2v) is 23.9. The summed E-state index contributed by atoms with van der Waals surface area (Å²) in [6, 6.07) is 76.0. The van der Waals surface area contributed by atoms with Crippen molar-refractivity contribution in [2.45, 2.75) is 52.4 Å². The third kappa shape index (κ3) is 11.6. The number of hydrogen-bond donors (Lipinski definition) is 1. The molecule has 0 fully saturated rings. The number of halogens is 1. The third-order valence-corrected chi connectivity index (χ3v) is 15.3. The fraction of sp³-hybridized carbons (Fsp3) is 0.110. The molecular weight excluding hydrogens is 1130 g/mol. The minimum Gasteiger partial charge on any atom is -0.436 e. The van der Waals surface area contributed by atoms with Crippen molar-refractivity contribution in [3.8, 4) is 57.3 Å². The van der Waals surface area contributed by atoms with Gasteiger partial charge in [-0.3, -0.25) is 0 Å². The summed E-state index contributed by atoms with van der Waals surface area (Å²) >= 11 is 3.40. The standard InChI is InChI=1S/C43H32N4O3.C17H18N2O.C13H8BrNO/c1-43(2,3)30-18-25-39-36(26-30)46-42(50-39)29-16-23-33(24-17-29)47(31-19-12-27(13-20-31)40-44-34-8-4-6-10-37(34)48-40)32-21-14-28(15-22-32)41-45-35-9-5-7-11-38(35)49-41;1-17(2,3)12-6-9-15-14(10-12)19-16(20-15)11-4-7-13(18)8-5-11;14-10-7-5-9(6-8-10)13-15-11-3-1-2-4-12(11)16-13/h4-26H,1-3H3;4-10H,18H2,1-3H3;1-8H. The Morgan fingerprint density at radius 2 is 0.581 bits per heavy atom. The number of aromatic nitrogens is 5. The summed E-state index contributed by atoms with van der Waals surface area (Å²) < 4.78 is 30.8. The van der Waals surface area contributed by atoms with Crippen LogP contribution in [0.4, 0.5) is 22.7 Å². The highest BCUT2D eigenvalue weighted by molar-refractivity contribution is 9.10. The largest absolute Gasteiger partial charge is 0.436 e. The number of anilines is 4. The SMILES string of the molecule is Brc1ccc(-c2nc3ccccc3o2)cc1.CC(C)(C)c1ccc2oc(-c3ccc(N(c4ccc(-c5nc6ccccc6o5)cc4)c4ccc(-c5nc6ccccc6o5)cc4)cc3)nc2c1.CC(C)(C)c1ccc2oc(-c3ccc(N)cc3)nc2c1. The summed E-state index contributed by atoms with van der Waals surface area (Å²) in [5.41, 5.74) is 24.8. The van der Waals surface area contributed by atoms with Crippen molar-refractivity contribution >= 4 is 94.2 Å².